The van der Waals surface area contributed by atoms with Crippen molar-refractivity contribution in [2.75, 3.05) is 0 Å². The van der Waals surface area contributed by atoms with E-state index in [1.54, 1.807) is 34.4 Å². The van der Waals surface area contributed by atoms with Crippen molar-refractivity contribution in [1.29, 1.82) is 0 Å². The summed E-state index contributed by atoms with van der Waals surface area (Å²) in [5, 5.41) is 8.47. The van der Waals surface area contributed by atoms with Crippen LogP contribution in [0.5, 0.6) is 0 Å². The van der Waals surface area contributed by atoms with E-state index >= 15 is 0 Å². The minimum absolute atomic E-state index is 0.267. The van der Waals surface area contributed by atoms with Crippen molar-refractivity contribution in [3.05, 3.63) is 96.1 Å². The number of aromatic nitrogens is 3. The summed E-state index contributed by atoms with van der Waals surface area (Å²) in [6, 6.07) is 22.5. The smallest absolute Gasteiger partial charge is 0.132 e. The number of rotatable bonds is 5. The minimum atomic E-state index is -0.342. The molecule has 3 aromatic carbocycles. The molecule has 0 aliphatic carbocycles. The van der Waals surface area contributed by atoms with Crippen molar-refractivity contribution in [3.8, 4) is 22.5 Å². The number of benzene rings is 3. The summed E-state index contributed by atoms with van der Waals surface area (Å²) >= 11 is 1.42. The predicted molar refractivity (Wildman–Crippen MR) is 104 cm³/mol. The SMILES string of the molecule is Fc1ccc(CSn2nnc(-c3ccccc3F)c2-c2ccccc2)cc1. The van der Waals surface area contributed by atoms with Gasteiger partial charge in [-0.3, -0.25) is 0 Å². The Labute approximate surface area is 159 Å². The van der Waals surface area contributed by atoms with Crippen LogP contribution in [-0.4, -0.2) is 14.4 Å². The van der Waals surface area contributed by atoms with Crippen LogP contribution in [0.2, 0.25) is 0 Å². The molecule has 0 spiro atoms. The first-order chi connectivity index (χ1) is 13.2. The van der Waals surface area contributed by atoms with Crippen LogP contribution in [0.25, 0.3) is 22.5 Å². The Balaban J connectivity index is 1.73. The minimum Gasteiger partial charge on any atom is -0.207 e. The van der Waals surface area contributed by atoms with E-state index in [0.717, 1.165) is 16.8 Å². The van der Waals surface area contributed by atoms with Gasteiger partial charge >= 0.3 is 0 Å². The van der Waals surface area contributed by atoms with Crippen LogP contribution in [0, 0.1) is 11.6 Å². The van der Waals surface area contributed by atoms with E-state index in [4.69, 9.17) is 0 Å². The lowest BCUT2D eigenvalue weighted by molar-refractivity contribution is 0.627. The van der Waals surface area contributed by atoms with Gasteiger partial charge < -0.3 is 0 Å². The summed E-state index contributed by atoms with van der Waals surface area (Å²) in [6.45, 7) is 0. The molecule has 4 rings (SSSR count). The van der Waals surface area contributed by atoms with E-state index in [9.17, 15) is 8.78 Å². The molecule has 0 saturated heterocycles. The van der Waals surface area contributed by atoms with E-state index in [0.29, 0.717) is 17.0 Å². The highest BCUT2D eigenvalue weighted by Gasteiger charge is 2.19. The van der Waals surface area contributed by atoms with Gasteiger partial charge in [-0.2, -0.15) is 4.09 Å². The zero-order valence-electron chi connectivity index (χ0n) is 14.2. The lowest BCUT2D eigenvalue weighted by Gasteiger charge is -2.08. The molecule has 0 radical (unpaired) electrons. The van der Waals surface area contributed by atoms with E-state index in [2.05, 4.69) is 10.3 Å². The fourth-order valence-electron chi connectivity index (χ4n) is 2.75. The summed E-state index contributed by atoms with van der Waals surface area (Å²) < 4.78 is 29.1. The third-order valence-corrected chi connectivity index (χ3v) is 5.05. The number of hydrogen-bond acceptors (Lipinski definition) is 3. The van der Waals surface area contributed by atoms with Crippen LogP contribution in [0.1, 0.15) is 5.56 Å². The normalized spacial score (nSPS) is 10.9. The third kappa shape index (κ3) is 3.75. The van der Waals surface area contributed by atoms with Crippen molar-refractivity contribution in [2.24, 2.45) is 0 Å². The maximum Gasteiger partial charge on any atom is 0.132 e. The van der Waals surface area contributed by atoms with Crippen LogP contribution in [0.3, 0.4) is 0 Å². The maximum atomic E-state index is 14.3. The molecule has 134 valence electrons. The van der Waals surface area contributed by atoms with Gasteiger partial charge in [-0.05, 0) is 41.8 Å². The quantitative estimate of drug-likeness (QED) is 0.453. The van der Waals surface area contributed by atoms with Crippen molar-refractivity contribution < 1.29 is 8.78 Å². The van der Waals surface area contributed by atoms with Gasteiger partial charge in [0.15, 0.2) is 0 Å². The second kappa shape index (κ2) is 7.72. The van der Waals surface area contributed by atoms with Crippen LogP contribution in [0.15, 0.2) is 78.9 Å². The Morgan fingerprint density at radius 2 is 1.52 bits per heavy atom. The summed E-state index contributed by atoms with van der Waals surface area (Å²) in [4.78, 5) is 0. The molecule has 0 aliphatic rings. The Morgan fingerprint density at radius 1 is 0.815 bits per heavy atom. The first-order valence-corrected chi connectivity index (χ1v) is 9.30. The lowest BCUT2D eigenvalue weighted by atomic mass is 10.0. The maximum absolute atomic E-state index is 14.3. The predicted octanol–water partition coefficient (Wildman–Crippen LogP) is 5.59. The van der Waals surface area contributed by atoms with Gasteiger partial charge in [-0.25, -0.2) is 8.78 Å². The molecular weight excluding hydrogens is 364 g/mol. The Kier molecular flexibility index (Phi) is 4.98. The Morgan fingerprint density at radius 3 is 2.26 bits per heavy atom. The molecule has 0 bridgehead atoms. The van der Waals surface area contributed by atoms with E-state index in [1.165, 1.54) is 30.1 Å². The molecule has 0 amide bonds. The van der Waals surface area contributed by atoms with Crippen LogP contribution < -0.4 is 0 Å². The molecule has 6 heteroatoms. The van der Waals surface area contributed by atoms with Crippen molar-refractivity contribution >= 4 is 11.9 Å². The molecule has 27 heavy (non-hydrogen) atoms. The van der Waals surface area contributed by atoms with Crippen molar-refractivity contribution in [3.63, 3.8) is 0 Å². The first-order valence-electron chi connectivity index (χ1n) is 8.36. The average molecular weight is 379 g/mol. The summed E-state index contributed by atoms with van der Waals surface area (Å²) in [5.41, 5.74) is 3.49. The second-order valence-corrected chi connectivity index (χ2v) is 6.80. The van der Waals surface area contributed by atoms with Crippen molar-refractivity contribution in [1.82, 2.24) is 14.4 Å². The van der Waals surface area contributed by atoms with Gasteiger partial charge in [0.05, 0.1) is 0 Å². The molecule has 3 nitrogen and oxygen atoms in total. The zero-order chi connectivity index (χ0) is 18.6. The van der Waals surface area contributed by atoms with Crippen LogP contribution in [-0.2, 0) is 5.75 Å². The first kappa shape index (κ1) is 17.4. The van der Waals surface area contributed by atoms with Crippen LogP contribution >= 0.6 is 11.9 Å². The largest absolute Gasteiger partial charge is 0.207 e. The van der Waals surface area contributed by atoms with Crippen molar-refractivity contribution in [2.45, 2.75) is 5.75 Å². The van der Waals surface area contributed by atoms with Gasteiger partial charge in [0, 0.05) is 16.9 Å². The van der Waals surface area contributed by atoms with E-state index < -0.39 is 0 Å². The van der Waals surface area contributed by atoms with Gasteiger partial charge in [0.25, 0.3) is 0 Å². The molecule has 4 aromatic rings. The third-order valence-electron chi connectivity index (χ3n) is 4.08. The van der Waals surface area contributed by atoms with E-state index in [1.807, 2.05) is 30.3 Å². The fraction of sp³-hybridized carbons (Fsp3) is 0.0476. The van der Waals surface area contributed by atoms with Gasteiger partial charge in [0.2, 0.25) is 0 Å². The summed E-state index contributed by atoms with van der Waals surface area (Å²) in [6.07, 6.45) is 0. The Bertz CT molecular complexity index is 1050. The topological polar surface area (TPSA) is 30.7 Å². The monoisotopic (exact) mass is 379 g/mol. The molecular formula is C21H15F2N3S. The fourth-order valence-corrected chi connectivity index (χ4v) is 3.63. The molecule has 0 saturated carbocycles. The summed E-state index contributed by atoms with van der Waals surface area (Å²) in [5.74, 6) is -0.0261. The molecule has 0 N–H and O–H groups in total. The van der Waals surface area contributed by atoms with Gasteiger partial charge in [-0.1, -0.05) is 59.8 Å². The average Bonchev–Trinajstić information content (AvgIpc) is 3.12. The molecule has 0 fully saturated rings. The molecule has 1 heterocycles. The molecule has 0 atom stereocenters. The number of hydrogen-bond donors (Lipinski definition) is 0. The highest BCUT2D eigenvalue weighted by Crippen LogP contribution is 2.34. The number of halogens is 2. The highest BCUT2D eigenvalue weighted by molar-refractivity contribution is 7.97. The highest BCUT2D eigenvalue weighted by atomic mass is 32.2. The summed E-state index contributed by atoms with van der Waals surface area (Å²) in [7, 11) is 0. The van der Waals surface area contributed by atoms with Gasteiger partial charge in [-0.15, -0.1) is 5.10 Å². The lowest BCUT2D eigenvalue weighted by Crippen LogP contribution is -1.96. The molecule has 1 aromatic heterocycles. The number of nitrogens with zero attached hydrogens (tertiary/aromatic N) is 3. The van der Waals surface area contributed by atoms with Crippen LogP contribution in [0.4, 0.5) is 8.78 Å². The van der Waals surface area contributed by atoms with Gasteiger partial charge in [0.1, 0.15) is 23.0 Å². The second-order valence-electron chi connectivity index (χ2n) is 5.91. The van der Waals surface area contributed by atoms with E-state index in [-0.39, 0.29) is 11.6 Å². The zero-order valence-corrected chi connectivity index (χ0v) is 15.0. The molecule has 0 unspecified atom stereocenters. The Hall–Kier alpha value is -2.99. The standard InChI is InChI=1S/C21H15F2N3S/c22-17-12-10-15(11-13-17)14-27-26-21(16-6-2-1-3-7-16)20(24-25-26)18-8-4-5-9-19(18)23/h1-13H,14H2. The molecule has 0 aliphatic heterocycles.